The van der Waals surface area contributed by atoms with E-state index in [1.807, 2.05) is 25.4 Å². The fraction of sp³-hybridized carbons (Fsp3) is 0.438. The summed E-state index contributed by atoms with van der Waals surface area (Å²) in [7, 11) is 1.91. The number of aromatic nitrogens is 2. The van der Waals surface area contributed by atoms with Crippen LogP contribution in [0.25, 0.3) is 0 Å². The molecular formula is C16H22FN3. The van der Waals surface area contributed by atoms with E-state index in [-0.39, 0.29) is 11.7 Å². The quantitative estimate of drug-likeness (QED) is 0.787. The minimum Gasteiger partial charge on any atom is -0.316 e. The molecule has 0 amide bonds. The Labute approximate surface area is 119 Å². The van der Waals surface area contributed by atoms with Crippen molar-refractivity contribution < 1.29 is 4.39 Å². The SMILES string of the molecule is CCCNCC(Cc1ccn(C)n1)c1cccc(F)c1. The second-order valence-corrected chi connectivity index (χ2v) is 5.14. The maximum Gasteiger partial charge on any atom is 0.123 e. The maximum atomic E-state index is 13.4. The molecule has 0 aliphatic carbocycles. The lowest BCUT2D eigenvalue weighted by Crippen LogP contribution is -2.24. The van der Waals surface area contributed by atoms with E-state index in [0.717, 1.165) is 37.2 Å². The van der Waals surface area contributed by atoms with Crippen LogP contribution < -0.4 is 5.32 Å². The Morgan fingerprint density at radius 3 is 2.85 bits per heavy atom. The molecule has 0 saturated heterocycles. The lowest BCUT2D eigenvalue weighted by molar-refractivity contribution is 0.561. The summed E-state index contributed by atoms with van der Waals surface area (Å²) >= 11 is 0. The molecule has 1 aromatic heterocycles. The second-order valence-electron chi connectivity index (χ2n) is 5.14. The predicted molar refractivity (Wildman–Crippen MR) is 79.2 cm³/mol. The molecule has 3 nitrogen and oxygen atoms in total. The highest BCUT2D eigenvalue weighted by Gasteiger charge is 2.14. The summed E-state index contributed by atoms with van der Waals surface area (Å²) in [6, 6.07) is 8.90. The van der Waals surface area contributed by atoms with Crippen LogP contribution in [0.5, 0.6) is 0 Å². The van der Waals surface area contributed by atoms with Gasteiger partial charge in [-0.15, -0.1) is 0 Å². The van der Waals surface area contributed by atoms with Crippen molar-refractivity contribution in [2.24, 2.45) is 7.05 Å². The Bertz CT molecular complexity index is 536. The summed E-state index contributed by atoms with van der Waals surface area (Å²) in [5.74, 6) is 0.0659. The summed E-state index contributed by atoms with van der Waals surface area (Å²) in [4.78, 5) is 0. The van der Waals surface area contributed by atoms with Crippen molar-refractivity contribution in [1.82, 2.24) is 15.1 Å². The molecule has 1 heterocycles. The second kappa shape index (κ2) is 7.20. The van der Waals surface area contributed by atoms with Crippen LogP contribution in [0.3, 0.4) is 0 Å². The number of rotatable bonds is 7. The third-order valence-electron chi connectivity index (χ3n) is 3.36. The molecule has 108 valence electrons. The average molecular weight is 275 g/mol. The van der Waals surface area contributed by atoms with Gasteiger partial charge in [0.25, 0.3) is 0 Å². The summed E-state index contributed by atoms with van der Waals surface area (Å²) < 4.78 is 15.2. The van der Waals surface area contributed by atoms with E-state index in [2.05, 4.69) is 17.3 Å². The van der Waals surface area contributed by atoms with Crippen LogP contribution in [0.1, 0.15) is 30.5 Å². The lowest BCUT2D eigenvalue weighted by atomic mass is 9.94. The summed E-state index contributed by atoms with van der Waals surface area (Å²) in [5, 5.41) is 7.84. The van der Waals surface area contributed by atoms with Gasteiger partial charge in [0, 0.05) is 25.7 Å². The third kappa shape index (κ3) is 4.17. The molecule has 1 N–H and O–H groups in total. The third-order valence-corrected chi connectivity index (χ3v) is 3.36. The van der Waals surface area contributed by atoms with E-state index in [0.29, 0.717) is 0 Å². The first kappa shape index (κ1) is 14.7. The first-order valence-corrected chi connectivity index (χ1v) is 7.13. The molecule has 4 heteroatoms. The topological polar surface area (TPSA) is 29.9 Å². The predicted octanol–water partition coefficient (Wildman–Crippen LogP) is 2.89. The minimum absolute atomic E-state index is 0.177. The number of benzene rings is 1. The lowest BCUT2D eigenvalue weighted by Gasteiger charge is -2.17. The molecule has 2 rings (SSSR count). The van der Waals surface area contributed by atoms with Gasteiger partial charge in [0.05, 0.1) is 5.69 Å². The van der Waals surface area contributed by atoms with E-state index in [4.69, 9.17) is 0 Å². The number of nitrogens with zero attached hydrogens (tertiary/aromatic N) is 2. The Hall–Kier alpha value is -1.68. The van der Waals surface area contributed by atoms with Crippen LogP contribution in [0.15, 0.2) is 36.5 Å². The number of hydrogen-bond acceptors (Lipinski definition) is 2. The normalized spacial score (nSPS) is 12.6. The molecule has 0 aliphatic heterocycles. The van der Waals surface area contributed by atoms with Gasteiger partial charge in [-0.2, -0.15) is 5.10 Å². The Balaban J connectivity index is 2.11. The summed E-state index contributed by atoms with van der Waals surface area (Å²) in [6.07, 6.45) is 3.86. The fourth-order valence-electron chi connectivity index (χ4n) is 2.35. The number of hydrogen-bond donors (Lipinski definition) is 1. The van der Waals surface area contributed by atoms with Gasteiger partial charge in [0.15, 0.2) is 0 Å². The zero-order chi connectivity index (χ0) is 14.4. The highest BCUT2D eigenvalue weighted by molar-refractivity contribution is 5.23. The van der Waals surface area contributed by atoms with Crippen molar-refractivity contribution in [2.45, 2.75) is 25.7 Å². The molecule has 20 heavy (non-hydrogen) atoms. The number of aryl methyl sites for hydroxylation is 1. The van der Waals surface area contributed by atoms with Gasteiger partial charge in [-0.1, -0.05) is 19.1 Å². The van der Waals surface area contributed by atoms with Gasteiger partial charge in [-0.05, 0) is 43.1 Å². The van der Waals surface area contributed by atoms with Crippen LogP contribution in [0.4, 0.5) is 4.39 Å². The molecule has 1 atom stereocenters. The summed E-state index contributed by atoms with van der Waals surface area (Å²) in [5.41, 5.74) is 2.07. The van der Waals surface area contributed by atoms with Crippen molar-refractivity contribution in [3.8, 4) is 0 Å². The molecule has 0 fully saturated rings. The molecule has 2 aromatic rings. The van der Waals surface area contributed by atoms with Crippen molar-refractivity contribution in [3.63, 3.8) is 0 Å². The average Bonchev–Trinajstić information content (AvgIpc) is 2.83. The van der Waals surface area contributed by atoms with E-state index in [9.17, 15) is 4.39 Å². The molecule has 0 radical (unpaired) electrons. The largest absolute Gasteiger partial charge is 0.316 e. The Kier molecular flexibility index (Phi) is 5.30. The molecule has 1 aromatic carbocycles. The van der Waals surface area contributed by atoms with Gasteiger partial charge < -0.3 is 5.32 Å². The maximum absolute atomic E-state index is 13.4. The first-order chi connectivity index (χ1) is 9.69. The molecule has 0 bridgehead atoms. The van der Waals surface area contributed by atoms with Gasteiger partial charge in [0.1, 0.15) is 5.82 Å². The van der Waals surface area contributed by atoms with Crippen LogP contribution in [0, 0.1) is 5.82 Å². The Morgan fingerprint density at radius 1 is 1.35 bits per heavy atom. The van der Waals surface area contributed by atoms with Gasteiger partial charge >= 0.3 is 0 Å². The number of halogens is 1. The molecule has 0 spiro atoms. The van der Waals surface area contributed by atoms with Crippen LogP contribution >= 0.6 is 0 Å². The zero-order valence-corrected chi connectivity index (χ0v) is 12.1. The van der Waals surface area contributed by atoms with Crippen molar-refractivity contribution in [1.29, 1.82) is 0 Å². The van der Waals surface area contributed by atoms with E-state index >= 15 is 0 Å². The van der Waals surface area contributed by atoms with Crippen LogP contribution in [0.2, 0.25) is 0 Å². The van der Waals surface area contributed by atoms with Crippen LogP contribution in [-0.4, -0.2) is 22.9 Å². The standard InChI is InChI=1S/C16H22FN3/c1-3-8-18-12-14(11-16-7-9-20(2)19-16)13-5-4-6-15(17)10-13/h4-7,9-10,14,18H,3,8,11-12H2,1-2H3. The van der Waals surface area contributed by atoms with E-state index in [1.165, 1.54) is 6.07 Å². The smallest absolute Gasteiger partial charge is 0.123 e. The summed E-state index contributed by atoms with van der Waals surface area (Å²) in [6.45, 7) is 3.96. The highest BCUT2D eigenvalue weighted by atomic mass is 19.1. The molecule has 0 saturated carbocycles. The first-order valence-electron chi connectivity index (χ1n) is 7.13. The van der Waals surface area contributed by atoms with Crippen molar-refractivity contribution >= 4 is 0 Å². The van der Waals surface area contributed by atoms with Gasteiger partial charge in [-0.3, -0.25) is 4.68 Å². The molecule has 0 aliphatic rings. The van der Waals surface area contributed by atoms with Crippen molar-refractivity contribution in [2.75, 3.05) is 13.1 Å². The van der Waals surface area contributed by atoms with Crippen molar-refractivity contribution in [3.05, 3.63) is 53.6 Å². The van der Waals surface area contributed by atoms with E-state index < -0.39 is 0 Å². The number of nitrogens with one attached hydrogen (secondary N) is 1. The van der Waals surface area contributed by atoms with Gasteiger partial charge in [-0.25, -0.2) is 4.39 Å². The monoisotopic (exact) mass is 275 g/mol. The fourth-order valence-corrected chi connectivity index (χ4v) is 2.35. The Morgan fingerprint density at radius 2 is 2.20 bits per heavy atom. The van der Waals surface area contributed by atoms with Crippen LogP contribution in [-0.2, 0) is 13.5 Å². The molecule has 1 unspecified atom stereocenters. The van der Waals surface area contributed by atoms with Gasteiger partial charge in [0.2, 0.25) is 0 Å². The zero-order valence-electron chi connectivity index (χ0n) is 12.1. The van der Waals surface area contributed by atoms with E-state index in [1.54, 1.807) is 16.8 Å². The molecular weight excluding hydrogens is 253 g/mol. The highest BCUT2D eigenvalue weighted by Crippen LogP contribution is 2.20. The minimum atomic E-state index is -0.177.